The number of ether oxygens (including phenoxy) is 6. The van der Waals surface area contributed by atoms with E-state index in [1.165, 1.54) is 55.4 Å². The van der Waals surface area contributed by atoms with Crippen molar-refractivity contribution >= 4 is 35.8 Å². The van der Waals surface area contributed by atoms with E-state index in [9.17, 15) is 30.2 Å². The predicted molar refractivity (Wildman–Crippen MR) is 525 cm³/mol. The molecule has 15 aromatic rings. The van der Waals surface area contributed by atoms with Gasteiger partial charge in [-0.1, -0.05) is 277 Å². The van der Waals surface area contributed by atoms with Crippen LogP contribution >= 0.6 is 0 Å². The first-order chi connectivity index (χ1) is 67.3. The highest BCUT2D eigenvalue weighted by molar-refractivity contribution is 5.89. The Labute approximate surface area is 800 Å². The molecule has 21 nitrogen and oxygen atoms in total. The lowest BCUT2D eigenvalue weighted by Crippen LogP contribution is -2.39. The van der Waals surface area contributed by atoms with Crippen LogP contribution in [0.2, 0.25) is 0 Å². The highest BCUT2D eigenvalue weighted by Crippen LogP contribution is 2.45. The van der Waals surface area contributed by atoms with Gasteiger partial charge in [-0.3, -0.25) is 58.7 Å². The van der Waals surface area contributed by atoms with Crippen LogP contribution in [0.5, 0.6) is 34.5 Å². The van der Waals surface area contributed by atoms with Gasteiger partial charge in [-0.25, -0.2) is 0 Å². The van der Waals surface area contributed by atoms with E-state index >= 15 is 14.4 Å². The van der Waals surface area contributed by atoms with E-state index < -0.39 is 71.3 Å². The lowest BCUT2D eigenvalue weighted by Gasteiger charge is -2.31. The first-order valence-electron chi connectivity index (χ1n) is 46.5. The van der Waals surface area contributed by atoms with Crippen LogP contribution in [-0.4, -0.2) is 65.7 Å². The molecule has 0 bridgehead atoms. The monoisotopic (exact) mass is 1820 g/mol. The number of nitriles is 3. The Kier molecular flexibility index (Phi) is 29.0. The van der Waals surface area contributed by atoms with E-state index in [0.717, 1.165) is 86.0 Å². The summed E-state index contributed by atoms with van der Waals surface area (Å²) in [6.45, 7) is 10.6. The molecule has 0 spiro atoms. The molecule has 0 radical (unpaired) electrons. The minimum Gasteiger partial charge on any atom is -0.424 e. The van der Waals surface area contributed by atoms with Crippen LogP contribution in [0.3, 0.4) is 0 Å². The van der Waals surface area contributed by atoms with Crippen molar-refractivity contribution in [3.05, 3.63) is 361 Å². The maximum atomic E-state index is 15.3. The first kappa shape index (κ1) is 93.0. The quantitative estimate of drug-likeness (QED) is 0.0393. The molecule has 0 saturated heterocycles. The first-order valence-corrected chi connectivity index (χ1v) is 46.5. The number of rotatable bonds is 29. The summed E-state index contributed by atoms with van der Waals surface area (Å²) in [5.41, 5.74) is 16.6. The number of esters is 6. The predicted octanol–water partition coefficient (Wildman–Crippen LogP) is 24.7. The molecule has 7 unspecified atom stereocenters. The van der Waals surface area contributed by atoms with Gasteiger partial charge >= 0.3 is 35.8 Å². The molecule has 138 heavy (non-hydrogen) atoms. The minimum atomic E-state index is -1.14. The van der Waals surface area contributed by atoms with Gasteiger partial charge in [0.15, 0.2) is 34.5 Å². The molecule has 17 rings (SSSR count). The summed E-state index contributed by atoms with van der Waals surface area (Å²) in [5.74, 6) is -9.96. The Bertz CT molecular complexity index is 6850. The molecule has 682 valence electrons. The second kappa shape index (κ2) is 43.0. The summed E-state index contributed by atoms with van der Waals surface area (Å²) in [4.78, 5) is 117. The highest BCUT2D eigenvalue weighted by Gasteiger charge is 2.45. The number of aromatic nitrogens is 6. The fourth-order valence-electron chi connectivity index (χ4n) is 18.0. The molecule has 2 aliphatic carbocycles. The zero-order valence-electron chi connectivity index (χ0n) is 76.8. The number of carbonyl (C=O) groups is 6. The third-order valence-electron chi connectivity index (χ3n) is 26.3. The molecule has 0 aliphatic heterocycles. The molecule has 6 aromatic heterocycles. The molecule has 21 heteroatoms. The maximum Gasteiger partial charge on any atom is 0.314 e. The number of nitrogens with zero attached hydrogens (tertiary/aromatic N) is 9. The standard InChI is InChI=1S/C117H97N9O12/c1-6-72(4)76-37-43-84(44-38-76)100-57-94(63-118)106(66-121-100)133-112(127)88-51-89(113(128)134-107-67-122-101(58-95(107)64-119)85-45-39-77(40-46-85)73(5)7-2)53-90(52-88)114(129)135-108-68-123-102(59-96(108)65-120)86-47-41-78(42-48-86)75(8-3)49-74-25-24-36-87(50-74)105-62-99(81-30-18-11-19-31-81)111(71-126-105)138-117(132)93-55-91(115(130)136-109-69-124-103(82-32-20-12-21-33-82)60-97(109)79-26-14-9-15-27-79)54-92(56-93)116(131)137-110-70-125-104(83-34-22-13-23-35-83)61-98(110)80-28-16-10-17-29-80/h9-48,50,57-62,66-73,75,88-93H,6-8,49,51-56H2,1-5H3. The number of benzene rings is 9. The van der Waals surface area contributed by atoms with Crippen LogP contribution in [0.15, 0.2) is 322 Å². The normalized spacial score (nSPS) is 16.2. The fourth-order valence-corrected chi connectivity index (χ4v) is 18.0. The van der Waals surface area contributed by atoms with Gasteiger partial charge in [0.05, 0.1) is 124 Å². The van der Waals surface area contributed by atoms with Gasteiger partial charge in [0.1, 0.15) is 18.2 Å². The Morgan fingerprint density at radius 3 is 0.790 bits per heavy atom. The second-order valence-corrected chi connectivity index (χ2v) is 35.2. The average molecular weight is 1820 g/mol. The summed E-state index contributed by atoms with van der Waals surface area (Å²) in [5, 5.41) is 31.5. The summed E-state index contributed by atoms with van der Waals surface area (Å²) in [6.07, 6.45) is 11.4. The summed E-state index contributed by atoms with van der Waals surface area (Å²) >= 11 is 0. The highest BCUT2D eigenvalue weighted by atomic mass is 16.6. The summed E-state index contributed by atoms with van der Waals surface area (Å²) in [6, 6.07) is 96.5. The molecular weight excluding hydrogens is 1720 g/mol. The Morgan fingerprint density at radius 1 is 0.275 bits per heavy atom. The van der Waals surface area contributed by atoms with Gasteiger partial charge in [-0.2, -0.15) is 15.8 Å². The largest absolute Gasteiger partial charge is 0.424 e. The second-order valence-electron chi connectivity index (χ2n) is 35.2. The Balaban J connectivity index is 0.588. The van der Waals surface area contributed by atoms with E-state index in [2.05, 4.69) is 79.9 Å². The topological polar surface area (TPSA) is 307 Å². The van der Waals surface area contributed by atoms with Crippen molar-refractivity contribution < 1.29 is 57.2 Å². The van der Waals surface area contributed by atoms with Gasteiger partial charge in [-0.15, -0.1) is 0 Å². The average Bonchev–Trinajstić information content (AvgIpc) is 0.808. The van der Waals surface area contributed by atoms with Crippen LogP contribution in [0.1, 0.15) is 149 Å². The molecule has 2 aliphatic rings. The van der Waals surface area contributed by atoms with Gasteiger partial charge in [0.25, 0.3) is 0 Å². The van der Waals surface area contributed by atoms with Crippen LogP contribution in [0, 0.1) is 69.5 Å². The van der Waals surface area contributed by atoms with Crippen molar-refractivity contribution in [3.8, 4) is 154 Å². The third-order valence-corrected chi connectivity index (χ3v) is 26.3. The number of pyridine rings is 6. The van der Waals surface area contributed by atoms with Gasteiger partial charge in [-0.05, 0) is 163 Å². The van der Waals surface area contributed by atoms with Crippen molar-refractivity contribution in [2.24, 2.45) is 35.5 Å². The van der Waals surface area contributed by atoms with Gasteiger partial charge in [0.2, 0.25) is 0 Å². The van der Waals surface area contributed by atoms with E-state index in [1.54, 1.807) is 0 Å². The van der Waals surface area contributed by atoms with Crippen molar-refractivity contribution in [1.29, 1.82) is 15.8 Å². The molecular formula is C117H97N9O12. The van der Waals surface area contributed by atoms with Gasteiger partial charge < -0.3 is 28.4 Å². The van der Waals surface area contributed by atoms with Crippen molar-refractivity contribution in [2.75, 3.05) is 0 Å². The fraction of sp³-hybridized carbons (Fsp3) is 0.205. The molecule has 2 fully saturated rings. The zero-order chi connectivity index (χ0) is 95.7. The van der Waals surface area contributed by atoms with Crippen LogP contribution in [-0.2, 0) is 35.2 Å². The van der Waals surface area contributed by atoms with E-state index in [-0.39, 0.29) is 95.6 Å². The van der Waals surface area contributed by atoms with E-state index in [4.69, 9.17) is 43.4 Å². The molecule has 2 saturated carbocycles. The molecule has 0 amide bonds. The Morgan fingerprint density at radius 2 is 0.514 bits per heavy atom. The van der Waals surface area contributed by atoms with Crippen LogP contribution in [0.25, 0.3) is 101 Å². The zero-order valence-corrected chi connectivity index (χ0v) is 76.8. The SMILES string of the molecule is CCC(C)c1ccc(-c2cc(C#N)c(OC(=O)C3CC(C(=O)Oc4cnc(-c5ccc(C(C)CC)cc5)cc4C#N)CC(C(=O)Oc4cnc(-c5ccc(C(CC)Cc6cccc(-c7cc(-c8ccccc8)c(OC(=O)C8CC(C(=O)Oc9cnc(-c%10ccccc%10)cc9-c9ccccc9)CC(C(=O)Oc9cnc(-c%10ccccc%10)cc9-c9ccccc9)C8)cn7)c6)cc5)cc4C#N)C3)cn2)cc1. The van der Waals surface area contributed by atoms with Crippen molar-refractivity contribution in [3.63, 3.8) is 0 Å². The van der Waals surface area contributed by atoms with Crippen LogP contribution < -0.4 is 28.4 Å². The van der Waals surface area contributed by atoms with Gasteiger partial charge in [0, 0.05) is 50.1 Å². The molecule has 9 aromatic carbocycles. The molecule has 7 atom stereocenters. The van der Waals surface area contributed by atoms with Crippen molar-refractivity contribution in [2.45, 2.75) is 117 Å². The maximum absolute atomic E-state index is 15.3. The smallest absolute Gasteiger partial charge is 0.314 e. The van der Waals surface area contributed by atoms with E-state index in [0.29, 0.717) is 74.7 Å². The Hall–Kier alpha value is -16.8. The molecule has 0 N–H and O–H groups in total. The number of hydrogen-bond acceptors (Lipinski definition) is 21. The molecule has 6 heterocycles. The third kappa shape index (κ3) is 21.7. The minimum absolute atomic E-state index is 0.00512. The number of carbonyl (C=O) groups excluding carboxylic acids is 6. The van der Waals surface area contributed by atoms with E-state index in [1.807, 2.05) is 255 Å². The lowest BCUT2D eigenvalue weighted by molar-refractivity contribution is -0.153. The van der Waals surface area contributed by atoms with Crippen molar-refractivity contribution in [1.82, 2.24) is 29.9 Å². The lowest BCUT2D eigenvalue weighted by atomic mass is 9.75. The number of hydrogen-bond donors (Lipinski definition) is 0. The van der Waals surface area contributed by atoms with Crippen LogP contribution in [0.4, 0.5) is 0 Å². The summed E-state index contributed by atoms with van der Waals surface area (Å²) in [7, 11) is 0. The summed E-state index contributed by atoms with van der Waals surface area (Å²) < 4.78 is 37.2.